The minimum Gasteiger partial charge on any atom is -0.495 e. The Bertz CT molecular complexity index is 725. The fourth-order valence-electron chi connectivity index (χ4n) is 2.58. The largest absolute Gasteiger partial charge is 0.495 e. The van der Waals surface area contributed by atoms with Gasteiger partial charge >= 0.3 is 12.0 Å². The van der Waals surface area contributed by atoms with Crippen LogP contribution in [0.3, 0.4) is 0 Å². The highest BCUT2D eigenvalue weighted by atomic mass is 19.1. The summed E-state index contributed by atoms with van der Waals surface area (Å²) in [6.45, 7) is 9.42. The van der Waals surface area contributed by atoms with Crippen LogP contribution in [-0.4, -0.2) is 36.7 Å². The van der Waals surface area contributed by atoms with E-state index in [4.69, 9.17) is 4.74 Å². The number of carbonyl (C=O) groups excluding carboxylic acids is 2. The molecule has 1 saturated heterocycles. The maximum absolute atomic E-state index is 14.8. The highest BCUT2D eigenvalue weighted by Gasteiger charge is 2.34. The number of halogens is 1. The Hall–Kier alpha value is -2.64. The lowest BCUT2D eigenvalue weighted by Crippen LogP contribution is -2.50. The number of benzene rings is 1. The van der Waals surface area contributed by atoms with E-state index in [1.807, 2.05) is 34.6 Å². The molecule has 1 aromatic rings. The smallest absolute Gasteiger partial charge is 0.342 e. The number of carbonyl (C=O) groups is 3. The van der Waals surface area contributed by atoms with Gasteiger partial charge < -0.3 is 9.84 Å². The van der Waals surface area contributed by atoms with Crippen LogP contribution in [0.5, 0.6) is 5.75 Å². The van der Waals surface area contributed by atoms with Crippen LogP contribution in [0.2, 0.25) is 0 Å². The molecular weight excluding hydrogens is 343 g/mol. The van der Waals surface area contributed by atoms with E-state index >= 15 is 0 Å². The van der Waals surface area contributed by atoms with Gasteiger partial charge in [0.25, 0.3) is 0 Å². The van der Waals surface area contributed by atoms with E-state index in [1.165, 1.54) is 13.2 Å². The van der Waals surface area contributed by atoms with E-state index < -0.39 is 34.7 Å². The maximum atomic E-state index is 14.8. The van der Waals surface area contributed by atoms with Crippen LogP contribution >= 0.6 is 0 Å². The molecule has 26 heavy (non-hydrogen) atoms. The zero-order valence-electron chi connectivity index (χ0n) is 15.9. The Balaban J connectivity index is 0.00000163. The molecule has 0 radical (unpaired) electrons. The summed E-state index contributed by atoms with van der Waals surface area (Å²) in [6, 6.07) is 0.613. The Morgan fingerprint density at radius 1 is 1.31 bits per heavy atom. The van der Waals surface area contributed by atoms with Crippen molar-refractivity contribution in [1.29, 1.82) is 0 Å². The van der Waals surface area contributed by atoms with Gasteiger partial charge in [-0.25, -0.2) is 14.0 Å². The van der Waals surface area contributed by atoms with Gasteiger partial charge in [-0.2, -0.15) is 0 Å². The van der Waals surface area contributed by atoms with Gasteiger partial charge in [-0.15, -0.1) is 0 Å². The van der Waals surface area contributed by atoms with Gasteiger partial charge in [0.05, 0.1) is 12.8 Å². The van der Waals surface area contributed by atoms with Crippen molar-refractivity contribution in [2.24, 2.45) is 0 Å². The molecule has 0 bridgehead atoms. The standard InChI is InChI=1S/C16H19FN2O5.C2H6/c1-16(2,3)8-7-9(19-6-5-10(20)18-15(19)23)12(17)11(14(21)22)13(8)24-4;1-2/h7H,5-6H2,1-4H3,(H,21,22)(H,18,20,23);1-2H3. The number of rotatable bonds is 3. The number of nitrogens with one attached hydrogen (secondary N) is 1. The zero-order valence-corrected chi connectivity index (χ0v) is 15.9. The lowest BCUT2D eigenvalue weighted by atomic mass is 9.84. The fourth-order valence-corrected chi connectivity index (χ4v) is 2.58. The monoisotopic (exact) mass is 368 g/mol. The second-order valence-electron chi connectivity index (χ2n) is 6.48. The number of hydrogen-bond donors (Lipinski definition) is 2. The number of hydrogen-bond acceptors (Lipinski definition) is 4. The summed E-state index contributed by atoms with van der Waals surface area (Å²) in [6.07, 6.45) is 0.00443. The van der Waals surface area contributed by atoms with Crippen molar-refractivity contribution < 1.29 is 28.6 Å². The summed E-state index contributed by atoms with van der Waals surface area (Å²) < 4.78 is 20.0. The molecule has 0 unspecified atom stereocenters. The SMILES string of the molecule is CC.COc1c(C(C)(C)C)cc(N2CCC(=O)NC2=O)c(F)c1C(=O)O. The van der Waals surface area contributed by atoms with Crippen LogP contribution in [0.1, 0.15) is 57.0 Å². The number of ether oxygens (including phenoxy) is 1. The van der Waals surface area contributed by atoms with Crippen LogP contribution in [0.25, 0.3) is 0 Å². The van der Waals surface area contributed by atoms with Crippen LogP contribution in [0.4, 0.5) is 14.9 Å². The molecule has 7 nitrogen and oxygen atoms in total. The molecule has 3 amide bonds. The first-order chi connectivity index (χ1) is 12.1. The summed E-state index contributed by atoms with van der Waals surface area (Å²) in [5.74, 6) is -3.11. The van der Waals surface area contributed by atoms with Crippen molar-refractivity contribution in [2.75, 3.05) is 18.6 Å². The van der Waals surface area contributed by atoms with E-state index in [9.17, 15) is 23.9 Å². The van der Waals surface area contributed by atoms with E-state index in [2.05, 4.69) is 5.32 Å². The van der Waals surface area contributed by atoms with Crippen LogP contribution in [0.15, 0.2) is 6.07 Å². The van der Waals surface area contributed by atoms with Gasteiger partial charge in [0.15, 0.2) is 5.82 Å². The molecule has 0 spiro atoms. The van der Waals surface area contributed by atoms with Crippen molar-refractivity contribution in [3.63, 3.8) is 0 Å². The van der Waals surface area contributed by atoms with Crippen molar-refractivity contribution in [3.05, 3.63) is 23.0 Å². The Morgan fingerprint density at radius 2 is 1.88 bits per heavy atom. The van der Waals surface area contributed by atoms with Gasteiger partial charge in [0, 0.05) is 18.5 Å². The molecule has 144 valence electrons. The van der Waals surface area contributed by atoms with Crippen LogP contribution in [-0.2, 0) is 10.2 Å². The molecule has 1 heterocycles. The van der Waals surface area contributed by atoms with Gasteiger partial charge in [-0.3, -0.25) is 15.0 Å². The van der Waals surface area contributed by atoms with E-state index in [1.54, 1.807) is 0 Å². The van der Waals surface area contributed by atoms with Crippen molar-refractivity contribution in [2.45, 2.75) is 46.5 Å². The highest BCUT2D eigenvalue weighted by Crippen LogP contribution is 2.40. The minimum atomic E-state index is -1.50. The van der Waals surface area contributed by atoms with Crippen LogP contribution in [0, 0.1) is 5.82 Å². The van der Waals surface area contributed by atoms with Crippen molar-refractivity contribution >= 4 is 23.6 Å². The van der Waals surface area contributed by atoms with Crippen LogP contribution < -0.4 is 15.0 Å². The summed E-state index contributed by atoms with van der Waals surface area (Å²) in [5, 5.41) is 11.5. The molecular formula is C18H25FN2O5. The average Bonchev–Trinajstić information content (AvgIpc) is 2.55. The number of anilines is 1. The molecule has 2 N–H and O–H groups in total. The molecule has 0 aliphatic carbocycles. The number of methoxy groups -OCH3 is 1. The predicted molar refractivity (Wildman–Crippen MR) is 95.5 cm³/mol. The molecule has 2 rings (SSSR count). The van der Waals surface area contributed by atoms with E-state index in [0.29, 0.717) is 5.56 Å². The second kappa shape index (κ2) is 8.16. The summed E-state index contributed by atoms with van der Waals surface area (Å²) in [4.78, 5) is 35.9. The number of carboxylic acid groups (broad SMARTS) is 1. The molecule has 8 heteroatoms. The molecule has 1 aliphatic heterocycles. The first kappa shape index (κ1) is 21.4. The van der Waals surface area contributed by atoms with Gasteiger partial charge in [-0.1, -0.05) is 34.6 Å². The maximum Gasteiger partial charge on any atom is 0.342 e. The van der Waals surface area contributed by atoms with Crippen molar-refractivity contribution in [3.8, 4) is 5.75 Å². The summed E-state index contributed by atoms with van der Waals surface area (Å²) >= 11 is 0. The Kier molecular flexibility index (Phi) is 6.72. The van der Waals surface area contributed by atoms with E-state index in [0.717, 1.165) is 4.90 Å². The first-order valence-corrected chi connectivity index (χ1v) is 8.33. The number of nitrogens with zero attached hydrogens (tertiary/aromatic N) is 1. The van der Waals surface area contributed by atoms with Gasteiger partial charge in [0.2, 0.25) is 5.91 Å². The average molecular weight is 368 g/mol. The van der Waals surface area contributed by atoms with Gasteiger partial charge in [0.1, 0.15) is 11.3 Å². The van der Waals surface area contributed by atoms with E-state index in [-0.39, 0.29) is 24.4 Å². The molecule has 0 aromatic heterocycles. The topological polar surface area (TPSA) is 95.9 Å². The third kappa shape index (κ3) is 4.12. The highest BCUT2D eigenvalue weighted by molar-refractivity contribution is 6.06. The Morgan fingerprint density at radius 3 is 2.31 bits per heavy atom. The second-order valence-corrected chi connectivity index (χ2v) is 6.48. The quantitative estimate of drug-likeness (QED) is 0.853. The number of imide groups is 1. The molecule has 1 aromatic carbocycles. The number of urea groups is 1. The molecule has 1 fully saturated rings. The lowest BCUT2D eigenvalue weighted by molar-refractivity contribution is -0.120. The summed E-state index contributed by atoms with van der Waals surface area (Å²) in [5.41, 5.74) is -0.934. The number of aromatic carboxylic acids is 1. The number of carboxylic acids is 1. The zero-order chi connectivity index (χ0) is 20.2. The van der Waals surface area contributed by atoms with Crippen molar-refractivity contribution in [1.82, 2.24) is 5.32 Å². The third-order valence-corrected chi connectivity index (χ3v) is 3.77. The predicted octanol–water partition coefficient (Wildman–Crippen LogP) is 3.30. The number of amides is 3. The van der Waals surface area contributed by atoms with Gasteiger partial charge in [-0.05, 0) is 11.5 Å². The molecule has 1 aliphatic rings. The lowest BCUT2D eigenvalue weighted by Gasteiger charge is -2.30. The molecule has 0 atom stereocenters. The molecule has 0 saturated carbocycles. The Labute approximate surface area is 152 Å². The summed E-state index contributed by atoms with van der Waals surface area (Å²) in [7, 11) is 1.27. The minimum absolute atomic E-state index is 0.00443. The first-order valence-electron chi connectivity index (χ1n) is 8.33. The third-order valence-electron chi connectivity index (χ3n) is 3.77. The normalized spacial score (nSPS) is 14.3. The fraction of sp³-hybridized carbons (Fsp3) is 0.500.